The van der Waals surface area contributed by atoms with E-state index in [4.69, 9.17) is 0 Å². The number of rotatable bonds is 2. The second-order valence-corrected chi connectivity index (χ2v) is 4.34. The molecule has 0 spiro atoms. The Morgan fingerprint density at radius 1 is 1.39 bits per heavy atom. The van der Waals surface area contributed by atoms with Crippen molar-refractivity contribution in [1.29, 1.82) is 0 Å². The van der Waals surface area contributed by atoms with Crippen LogP contribution >= 0.6 is 0 Å². The molecule has 0 amide bonds. The highest BCUT2D eigenvalue weighted by molar-refractivity contribution is 5.68. The minimum atomic E-state index is -0.331. The fourth-order valence-corrected chi connectivity index (χ4v) is 2.45. The molecule has 1 aliphatic carbocycles. The van der Waals surface area contributed by atoms with Gasteiger partial charge in [0.2, 0.25) is 0 Å². The third kappa shape index (κ3) is 1.69. The number of nitro benzene ring substituents is 1. The van der Waals surface area contributed by atoms with E-state index >= 15 is 0 Å². The van der Waals surface area contributed by atoms with Gasteiger partial charge in [0, 0.05) is 11.8 Å². The molecule has 5 heteroatoms. The predicted octanol–water partition coefficient (Wildman–Crippen LogP) is 2.17. The lowest BCUT2D eigenvalue weighted by molar-refractivity contribution is -0.384. The molecule has 0 aromatic heterocycles. The summed E-state index contributed by atoms with van der Waals surface area (Å²) in [5.74, 6) is 0. The number of anilines is 1. The minimum Gasteiger partial charge on any atom is -0.325 e. The van der Waals surface area contributed by atoms with E-state index in [1.807, 2.05) is 23.1 Å². The molecule has 3 rings (SSSR count). The van der Waals surface area contributed by atoms with Gasteiger partial charge < -0.3 is 4.90 Å². The molecule has 0 radical (unpaired) electrons. The fourth-order valence-electron chi connectivity index (χ4n) is 2.45. The predicted molar refractivity (Wildman–Crippen MR) is 69.2 cm³/mol. The fraction of sp³-hybridized carbons (Fsp3) is 0.231. The number of hydrogen-bond acceptors (Lipinski definition) is 4. The largest absolute Gasteiger partial charge is 0.325 e. The van der Waals surface area contributed by atoms with E-state index < -0.39 is 0 Å². The maximum absolute atomic E-state index is 11.1. The average Bonchev–Trinajstić information content (AvgIpc) is 2.82. The zero-order valence-electron chi connectivity index (χ0n) is 9.74. The van der Waals surface area contributed by atoms with Crippen LogP contribution in [0.1, 0.15) is 6.42 Å². The highest BCUT2D eigenvalue weighted by Crippen LogP contribution is 2.34. The Balaban J connectivity index is 2.03. The van der Waals surface area contributed by atoms with Crippen molar-refractivity contribution in [1.82, 2.24) is 5.32 Å². The summed E-state index contributed by atoms with van der Waals surface area (Å²) < 4.78 is 0. The molecule has 1 heterocycles. The number of para-hydroxylation sites is 2. The van der Waals surface area contributed by atoms with Crippen LogP contribution in [0.5, 0.6) is 0 Å². The Morgan fingerprint density at radius 3 is 3.06 bits per heavy atom. The highest BCUT2D eigenvalue weighted by Gasteiger charge is 2.31. The number of nitrogens with zero attached hydrogens (tertiary/aromatic N) is 2. The van der Waals surface area contributed by atoms with Crippen molar-refractivity contribution in [2.24, 2.45) is 0 Å². The summed E-state index contributed by atoms with van der Waals surface area (Å²) in [5, 5.41) is 14.4. The first kappa shape index (κ1) is 11.0. The van der Waals surface area contributed by atoms with E-state index in [0.717, 1.165) is 12.1 Å². The van der Waals surface area contributed by atoms with Crippen LogP contribution in [-0.2, 0) is 0 Å². The van der Waals surface area contributed by atoms with Crippen LogP contribution in [-0.4, -0.2) is 17.6 Å². The van der Waals surface area contributed by atoms with Crippen molar-refractivity contribution in [3.8, 4) is 0 Å². The SMILES string of the molecule is O=[N+]([O-])c1ccccc1N1CNC2CC=CC=C21. The van der Waals surface area contributed by atoms with Gasteiger partial charge in [0.15, 0.2) is 0 Å². The topological polar surface area (TPSA) is 58.4 Å². The number of fused-ring (bicyclic) bond motifs is 1. The second kappa shape index (κ2) is 4.27. The molecule has 0 saturated carbocycles. The van der Waals surface area contributed by atoms with E-state index in [0.29, 0.717) is 12.4 Å². The minimum absolute atomic E-state index is 0.149. The van der Waals surface area contributed by atoms with Gasteiger partial charge in [-0.05, 0) is 18.6 Å². The lowest BCUT2D eigenvalue weighted by Gasteiger charge is -2.21. The highest BCUT2D eigenvalue weighted by atomic mass is 16.6. The second-order valence-electron chi connectivity index (χ2n) is 4.34. The Bertz CT molecular complexity index is 551. The lowest BCUT2D eigenvalue weighted by atomic mass is 10.1. The number of hydrogen-bond donors (Lipinski definition) is 1. The van der Waals surface area contributed by atoms with Gasteiger partial charge in [-0.2, -0.15) is 0 Å². The van der Waals surface area contributed by atoms with Crippen LogP contribution in [0, 0.1) is 10.1 Å². The first-order chi connectivity index (χ1) is 8.77. The maximum atomic E-state index is 11.1. The summed E-state index contributed by atoms with van der Waals surface area (Å²) in [6.07, 6.45) is 7.05. The van der Waals surface area contributed by atoms with E-state index in [2.05, 4.69) is 11.4 Å². The summed E-state index contributed by atoms with van der Waals surface area (Å²) in [7, 11) is 0. The van der Waals surface area contributed by atoms with Gasteiger partial charge in [-0.1, -0.05) is 24.3 Å². The molecule has 1 aromatic rings. The zero-order valence-corrected chi connectivity index (χ0v) is 9.74. The van der Waals surface area contributed by atoms with E-state index in [9.17, 15) is 10.1 Å². The molecule has 1 unspecified atom stereocenters. The number of benzene rings is 1. The van der Waals surface area contributed by atoms with Crippen molar-refractivity contribution >= 4 is 11.4 Å². The first-order valence-corrected chi connectivity index (χ1v) is 5.88. The molecule has 1 N–H and O–H groups in total. The summed E-state index contributed by atoms with van der Waals surface area (Å²) in [4.78, 5) is 12.7. The van der Waals surface area contributed by atoms with Gasteiger partial charge in [0.25, 0.3) is 5.69 Å². The van der Waals surface area contributed by atoms with E-state index in [-0.39, 0.29) is 16.7 Å². The van der Waals surface area contributed by atoms with Crippen LogP contribution in [0.4, 0.5) is 11.4 Å². The monoisotopic (exact) mass is 243 g/mol. The molecule has 1 aliphatic heterocycles. The van der Waals surface area contributed by atoms with Gasteiger partial charge in [-0.25, -0.2) is 0 Å². The van der Waals surface area contributed by atoms with Gasteiger partial charge in [0.1, 0.15) is 5.69 Å². The molecule has 5 nitrogen and oxygen atoms in total. The molecule has 0 bridgehead atoms. The smallest absolute Gasteiger partial charge is 0.292 e. The van der Waals surface area contributed by atoms with Crippen molar-refractivity contribution in [2.45, 2.75) is 12.5 Å². The third-order valence-corrected chi connectivity index (χ3v) is 3.31. The number of nitro groups is 1. The third-order valence-electron chi connectivity index (χ3n) is 3.31. The van der Waals surface area contributed by atoms with E-state index in [1.54, 1.807) is 18.2 Å². The molecule has 1 aromatic carbocycles. The summed E-state index contributed by atoms with van der Waals surface area (Å²) in [6.45, 7) is 0.614. The van der Waals surface area contributed by atoms with Gasteiger partial charge in [0.05, 0.1) is 17.6 Å². The van der Waals surface area contributed by atoms with Crippen molar-refractivity contribution in [3.05, 3.63) is 58.3 Å². The molecule has 92 valence electrons. The first-order valence-electron chi connectivity index (χ1n) is 5.88. The van der Waals surface area contributed by atoms with E-state index in [1.165, 1.54) is 0 Å². The molecular formula is C13H13N3O2. The van der Waals surface area contributed by atoms with Crippen molar-refractivity contribution < 1.29 is 4.92 Å². The Hall–Kier alpha value is -2.14. The Kier molecular flexibility index (Phi) is 2.60. The van der Waals surface area contributed by atoms with Crippen LogP contribution in [0.2, 0.25) is 0 Å². The molecule has 1 atom stereocenters. The molecule has 2 aliphatic rings. The lowest BCUT2D eigenvalue weighted by Crippen LogP contribution is -2.22. The maximum Gasteiger partial charge on any atom is 0.292 e. The standard InChI is InChI=1S/C13H13N3O2/c17-16(18)13-8-4-3-7-12(13)15-9-14-10-5-1-2-6-11(10)15/h1-4,6-8,10,14H,5,9H2. The number of allylic oxidation sites excluding steroid dienone is 2. The van der Waals surface area contributed by atoms with Crippen LogP contribution in [0.3, 0.4) is 0 Å². The van der Waals surface area contributed by atoms with Crippen LogP contribution < -0.4 is 10.2 Å². The summed E-state index contributed by atoms with van der Waals surface area (Å²) in [5.41, 5.74) is 1.90. The summed E-state index contributed by atoms with van der Waals surface area (Å²) in [6, 6.07) is 7.13. The Morgan fingerprint density at radius 2 is 2.22 bits per heavy atom. The normalized spacial score (nSPS) is 21.7. The van der Waals surface area contributed by atoms with Crippen LogP contribution in [0.25, 0.3) is 0 Å². The van der Waals surface area contributed by atoms with Crippen LogP contribution in [0.15, 0.2) is 48.2 Å². The van der Waals surface area contributed by atoms with Crippen molar-refractivity contribution in [3.63, 3.8) is 0 Å². The van der Waals surface area contributed by atoms with Gasteiger partial charge in [-0.3, -0.25) is 15.4 Å². The molecule has 18 heavy (non-hydrogen) atoms. The average molecular weight is 243 g/mol. The number of nitrogens with one attached hydrogen (secondary N) is 1. The van der Waals surface area contributed by atoms with Gasteiger partial charge >= 0.3 is 0 Å². The molecule has 1 fully saturated rings. The zero-order chi connectivity index (χ0) is 12.5. The quantitative estimate of drug-likeness (QED) is 0.639. The molecular weight excluding hydrogens is 230 g/mol. The van der Waals surface area contributed by atoms with Gasteiger partial charge in [-0.15, -0.1) is 0 Å². The molecule has 1 saturated heterocycles. The summed E-state index contributed by atoms with van der Waals surface area (Å²) >= 11 is 0. The van der Waals surface area contributed by atoms with Crippen molar-refractivity contribution in [2.75, 3.05) is 11.6 Å². The Labute approximate surface area is 105 Å².